The molecule has 1 amide bonds. The summed E-state index contributed by atoms with van der Waals surface area (Å²) in [4.78, 5) is 29.6. The van der Waals surface area contributed by atoms with Crippen molar-refractivity contribution in [2.75, 3.05) is 6.61 Å². The molecule has 1 fully saturated rings. The van der Waals surface area contributed by atoms with Gasteiger partial charge in [-0.2, -0.15) is 9.90 Å². The third kappa shape index (κ3) is 5.23. The van der Waals surface area contributed by atoms with Crippen molar-refractivity contribution in [1.82, 2.24) is 25.3 Å². The fraction of sp³-hybridized carbons (Fsp3) is 0.348. The molecule has 4 rings (SSSR count). The number of hydrogen-bond acceptors (Lipinski definition) is 7. The molecule has 0 bridgehead atoms. The summed E-state index contributed by atoms with van der Waals surface area (Å²) < 4.78 is 20.3. The van der Waals surface area contributed by atoms with Crippen molar-refractivity contribution in [2.24, 2.45) is 5.92 Å². The number of carbonyl (C=O) groups excluding carboxylic acids is 2. The second-order valence-electron chi connectivity index (χ2n) is 8.06. The van der Waals surface area contributed by atoms with E-state index in [4.69, 9.17) is 9.84 Å². The van der Waals surface area contributed by atoms with E-state index in [1.807, 2.05) is 0 Å². The van der Waals surface area contributed by atoms with Gasteiger partial charge >= 0.3 is 0 Å². The van der Waals surface area contributed by atoms with E-state index >= 15 is 0 Å². The van der Waals surface area contributed by atoms with Gasteiger partial charge in [-0.1, -0.05) is 0 Å². The van der Waals surface area contributed by atoms with Crippen LogP contribution in [0.2, 0.25) is 0 Å². The van der Waals surface area contributed by atoms with Gasteiger partial charge in [0.2, 0.25) is 0 Å². The van der Waals surface area contributed by atoms with Gasteiger partial charge in [0.15, 0.2) is 5.78 Å². The number of aromatic nitrogens is 4. The minimum Gasteiger partial charge on any atom is -0.483 e. The molecule has 0 radical (unpaired) electrons. The molecule has 9 nitrogen and oxygen atoms in total. The van der Waals surface area contributed by atoms with Crippen LogP contribution >= 0.6 is 0 Å². The zero-order valence-corrected chi connectivity index (χ0v) is 18.2. The van der Waals surface area contributed by atoms with Crippen molar-refractivity contribution in [3.8, 4) is 11.4 Å². The van der Waals surface area contributed by atoms with Crippen LogP contribution < -0.4 is 10.1 Å². The lowest BCUT2D eigenvalue weighted by Gasteiger charge is -2.12. The Morgan fingerprint density at radius 3 is 2.67 bits per heavy atom. The molecule has 1 aliphatic carbocycles. The molecule has 0 unspecified atom stereocenters. The van der Waals surface area contributed by atoms with E-state index < -0.39 is 23.9 Å². The molecule has 172 valence electrons. The van der Waals surface area contributed by atoms with E-state index in [-0.39, 0.29) is 23.9 Å². The average Bonchev–Trinajstić information content (AvgIpc) is 3.54. The largest absolute Gasteiger partial charge is 0.483 e. The normalized spacial score (nSPS) is 15.0. The van der Waals surface area contributed by atoms with E-state index in [1.165, 1.54) is 29.3 Å². The Balaban J connectivity index is 1.42. The Morgan fingerprint density at radius 2 is 2.03 bits per heavy atom. The van der Waals surface area contributed by atoms with E-state index in [1.54, 1.807) is 26.0 Å². The highest BCUT2D eigenvalue weighted by Crippen LogP contribution is 2.32. The van der Waals surface area contributed by atoms with Gasteiger partial charge in [-0.05, 0) is 51.0 Å². The first-order valence-corrected chi connectivity index (χ1v) is 10.7. The Morgan fingerprint density at radius 1 is 1.24 bits per heavy atom. The number of ketones is 1. The van der Waals surface area contributed by atoms with Crippen molar-refractivity contribution < 1.29 is 23.8 Å². The Labute approximate surface area is 189 Å². The molecule has 2 heterocycles. The number of aliphatic hydroxyl groups excluding tert-OH is 1. The lowest BCUT2D eigenvalue weighted by Crippen LogP contribution is -2.35. The number of nitrogens with one attached hydrogen (secondary N) is 1. The number of rotatable bonds is 9. The zero-order valence-electron chi connectivity index (χ0n) is 18.2. The smallest absolute Gasteiger partial charge is 0.254 e. The summed E-state index contributed by atoms with van der Waals surface area (Å²) in [6.45, 7) is 3.15. The fourth-order valence-corrected chi connectivity index (χ4v) is 3.16. The Hall–Kier alpha value is -3.66. The molecule has 2 atom stereocenters. The van der Waals surface area contributed by atoms with Crippen LogP contribution in [0, 0.1) is 11.7 Å². The molecule has 1 saturated carbocycles. The second kappa shape index (κ2) is 9.45. The average molecular weight is 453 g/mol. The Kier molecular flexibility index (Phi) is 6.45. The predicted octanol–water partition coefficient (Wildman–Crippen LogP) is 2.64. The van der Waals surface area contributed by atoms with Gasteiger partial charge < -0.3 is 15.2 Å². The fourth-order valence-electron chi connectivity index (χ4n) is 3.16. The molecule has 0 saturated heterocycles. The van der Waals surface area contributed by atoms with Gasteiger partial charge in [-0.3, -0.25) is 9.59 Å². The quantitative estimate of drug-likeness (QED) is 0.478. The maximum absolute atomic E-state index is 14.5. The monoisotopic (exact) mass is 453 g/mol. The molecule has 2 N–H and O–H groups in total. The summed E-state index contributed by atoms with van der Waals surface area (Å²) in [7, 11) is 0. The number of carbonyl (C=O) groups is 2. The van der Waals surface area contributed by atoms with Gasteiger partial charge in [-0.25, -0.2) is 9.37 Å². The van der Waals surface area contributed by atoms with E-state index in [0.717, 1.165) is 18.9 Å². The first kappa shape index (κ1) is 22.5. The molecule has 3 aromatic rings. The maximum Gasteiger partial charge on any atom is 0.254 e. The van der Waals surface area contributed by atoms with Crippen molar-refractivity contribution in [3.63, 3.8) is 0 Å². The topological polar surface area (TPSA) is 119 Å². The van der Waals surface area contributed by atoms with Crippen molar-refractivity contribution in [2.45, 2.75) is 38.8 Å². The van der Waals surface area contributed by atoms with Gasteiger partial charge in [0, 0.05) is 18.0 Å². The zero-order chi connectivity index (χ0) is 23.5. The van der Waals surface area contributed by atoms with Crippen molar-refractivity contribution in [1.29, 1.82) is 0 Å². The highest BCUT2D eigenvalue weighted by molar-refractivity contribution is 5.97. The first-order valence-electron chi connectivity index (χ1n) is 10.7. The van der Waals surface area contributed by atoms with Crippen LogP contribution in [0.15, 0.2) is 42.7 Å². The molecule has 0 aliphatic heterocycles. The van der Waals surface area contributed by atoms with Crippen LogP contribution in [-0.4, -0.2) is 49.4 Å². The SMILES string of the molecule is C[C@H](CO)NC(=O)c1ccc(-n2ncc([C@@H](C)Oc3ccc(C(=O)C4CC4)nc3)n2)cc1F. The molecule has 2 aromatic heterocycles. The van der Waals surface area contributed by atoms with Crippen molar-refractivity contribution in [3.05, 3.63) is 65.5 Å². The molecule has 33 heavy (non-hydrogen) atoms. The maximum atomic E-state index is 14.5. The number of halogens is 1. The van der Waals surface area contributed by atoms with Gasteiger partial charge in [-0.15, -0.1) is 5.10 Å². The lowest BCUT2D eigenvalue weighted by molar-refractivity contribution is 0.0917. The van der Waals surface area contributed by atoms with Crippen LogP contribution in [-0.2, 0) is 0 Å². The van der Waals surface area contributed by atoms with Crippen LogP contribution in [0.25, 0.3) is 5.69 Å². The predicted molar refractivity (Wildman–Crippen MR) is 116 cm³/mol. The van der Waals surface area contributed by atoms with E-state index in [2.05, 4.69) is 20.5 Å². The second-order valence-corrected chi connectivity index (χ2v) is 8.06. The molecule has 10 heteroatoms. The third-order valence-electron chi connectivity index (χ3n) is 5.26. The number of ether oxygens (including phenoxy) is 1. The van der Waals surface area contributed by atoms with Gasteiger partial charge in [0.25, 0.3) is 5.91 Å². The number of amides is 1. The molecule has 1 aromatic carbocycles. The van der Waals surface area contributed by atoms with E-state index in [9.17, 15) is 14.0 Å². The minimum absolute atomic E-state index is 0.0659. The summed E-state index contributed by atoms with van der Waals surface area (Å²) in [5, 5.41) is 20.0. The van der Waals surface area contributed by atoms with Crippen LogP contribution in [0.5, 0.6) is 5.75 Å². The standard InChI is InChI=1S/C23H24FN5O4/c1-13(12-30)27-23(32)18-7-5-16(9-19(18)24)29-26-11-21(28-29)14(2)33-17-6-8-20(25-10-17)22(31)15-3-4-15/h5-11,13-15,30H,3-4,12H2,1-2H3,(H,27,32)/t13-,14-/m1/s1. The highest BCUT2D eigenvalue weighted by Gasteiger charge is 2.31. The Bertz CT molecular complexity index is 1160. The highest BCUT2D eigenvalue weighted by atomic mass is 19.1. The molecular formula is C23H24FN5O4. The van der Waals surface area contributed by atoms with Gasteiger partial charge in [0.05, 0.1) is 30.3 Å². The number of Topliss-reactive ketones (excluding diaryl/α,β-unsaturated/α-hetero) is 1. The molecule has 0 spiro atoms. The summed E-state index contributed by atoms with van der Waals surface area (Å²) in [5.74, 6) is -0.685. The summed E-state index contributed by atoms with van der Waals surface area (Å²) in [5.41, 5.74) is 1.14. The summed E-state index contributed by atoms with van der Waals surface area (Å²) >= 11 is 0. The summed E-state index contributed by atoms with van der Waals surface area (Å²) in [6.07, 6.45) is 4.39. The number of nitrogens with zero attached hydrogens (tertiary/aromatic N) is 4. The number of pyridine rings is 1. The number of hydrogen-bond donors (Lipinski definition) is 2. The lowest BCUT2D eigenvalue weighted by atomic mass is 10.1. The van der Waals surface area contributed by atoms with Gasteiger partial charge in [0.1, 0.15) is 29.1 Å². The number of aliphatic hydroxyl groups is 1. The minimum atomic E-state index is -0.731. The first-order chi connectivity index (χ1) is 15.9. The van der Waals surface area contributed by atoms with Crippen LogP contribution in [0.3, 0.4) is 0 Å². The summed E-state index contributed by atoms with van der Waals surface area (Å²) in [6, 6.07) is 6.88. The van der Waals surface area contributed by atoms with Crippen LogP contribution in [0.4, 0.5) is 4.39 Å². The van der Waals surface area contributed by atoms with Crippen LogP contribution in [0.1, 0.15) is 59.3 Å². The van der Waals surface area contributed by atoms with Crippen molar-refractivity contribution >= 4 is 11.7 Å². The van der Waals surface area contributed by atoms with E-state index in [0.29, 0.717) is 22.8 Å². The molecular weight excluding hydrogens is 429 g/mol. The number of benzene rings is 1. The molecule has 1 aliphatic rings. The third-order valence-corrected chi connectivity index (χ3v) is 5.26.